The Labute approximate surface area is 146 Å². The Bertz CT molecular complexity index is 670. The lowest BCUT2D eigenvalue weighted by atomic mass is 10.2. The van der Waals surface area contributed by atoms with Crippen molar-refractivity contribution in [3.63, 3.8) is 0 Å². The number of carbonyl (C=O) groups excluding carboxylic acids is 1. The highest BCUT2D eigenvalue weighted by Gasteiger charge is 2.01. The van der Waals surface area contributed by atoms with Gasteiger partial charge in [0.05, 0.1) is 12.8 Å². The van der Waals surface area contributed by atoms with Gasteiger partial charge in [0.1, 0.15) is 5.75 Å². The normalized spacial score (nSPS) is 10.6. The number of hydrogen-bond acceptors (Lipinski definition) is 4. The van der Waals surface area contributed by atoms with Crippen LogP contribution in [0.25, 0.3) is 0 Å². The summed E-state index contributed by atoms with van der Waals surface area (Å²) in [4.78, 5) is 16.6. The van der Waals surface area contributed by atoms with Gasteiger partial charge in [-0.15, -0.1) is 0 Å². The maximum absolute atomic E-state index is 11.7. The molecule has 2 aromatic carbocycles. The minimum absolute atomic E-state index is 0.138. The van der Waals surface area contributed by atoms with Crippen molar-refractivity contribution in [2.24, 2.45) is 5.16 Å². The molecule has 0 unspecified atom stereocenters. The van der Waals surface area contributed by atoms with Crippen molar-refractivity contribution in [3.05, 3.63) is 64.7 Å². The summed E-state index contributed by atoms with van der Waals surface area (Å²) in [6, 6.07) is 14.7. The second-order valence-electron chi connectivity index (χ2n) is 4.91. The molecule has 0 bridgehead atoms. The molecule has 24 heavy (non-hydrogen) atoms. The number of hydrogen-bond donors (Lipinski definition) is 1. The van der Waals surface area contributed by atoms with Crippen LogP contribution in [0.15, 0.2) is 53.7 Å². The van der Waals surface area contributed by atoms with Crippen molar-refractivity contribution in [1.29, 1.82) is 0 Å². The smallest absolute Gasteiger partial charge is 0.261 e. The molecular weight excluding hydrogens is 328 g/mol. The largest absolute Gasteiger partial charge is 0.494 e. The fourth-order valence-corrected chi connectivity index (χ4v) is 1.99. The van der Waals surface area contributed by atoms with E-state index in [9.17, 15) is 4.79 Å². The van der Waals surface area contributed by atoms with Gasteiger partial charge in [0.25, 0.3) is 5.91 Å². The highest BCUT2D eigenvalue weighted by atomic mass is 35.5. The Balaban J connectivity index is 1.68. The summed E-state index contributed by atoms with van der Waals surface area (Å²) in [6.07, 6.45) is 1.54. The van der Waals surface area contributed by atoms with Crippen LogP contribution >= 0.6 is 11.6 Å². The number of nitrogens with zero attached hydrogens (tertiary/aromatic N) is 1. The standard InChI is InChI=1S/C18H19ClN2O3/c1-2-23-17-9-5-15(6-10-17)12-21-24-13-18(22)20-11-14-3-7-16(19)8-4-14/h3-10,12H,2,11,13H2,1H3,(H,20,22)/b21-12-. The van der Waals surface area contributed by atoms with Crippen molar-refractivity contribution in [1.82, 2.24) is 5.32 Å². The van der Waals surface area contributed by atoms with Gasteiger partial charge in [-0.2, -0.15) is 0 Å². The first-order valence-electron chi connectivity index (χ1n) is 7.56. The third-order valence-electron chi connectivity index (χ3n) is 3.07. The van der Waals surface area contributed by atoms with Gasteiger partial charge in [0, 0.05) is 11.6 Å². The minimum Gasteiger partial charge on any atom is -0.494 e. The molecule has 126 valence electrons. The average Bonchev–Trinajstić information content (AvgIpc) is 2.60. The number of amides is 1. The summed E-state index contributed by atoms with van der Waals surface area (Å²) in [5.41, 5.74) is 1.82. The van der Waals surface area contributed by atoms with Gasteiger partial charge in [0.2, 0.25) is 0 Å². The molecule has 0 saturated heterocycles. The molecule has 0 aliphatic carbocycles. The molecule has 0 spiro atoms. The number of nitrogens with one attached hydrogen (secondary N) is 1. The first-order chi connectivity index (χ1) is 11.7. The SMILES string of the molecule is CCOc1ccc(/C=N\OCC(=O)NCc2ccc(Cl)cc2)cc1. The second kappa shape index (κ2) is 9.57. The summed E-state index contributed by atoms with van der Waals surface area (Å²) in [5, 5.41) is 7.18. The lowest BCUT2D eigenvalue weighted by Gasteiger charge is -2.04. The molecule has 1 N–H and O–H groups in total. The van der Waals surface area contributed by atoms with Gasteiger partial charge in [0.15, 0.2) is 6.61 Å². The van der Waals surface area contributed by atoms with Gasteiger partial charge >= 0.3 is 0 Å². The molecule has 1 amide bonds. The number of halogens is 1. The number of ether oxygens (including phenoxy) is 1. The van der Waals surface area contributed by atoms with Crippen LogP contribution in [0.3, 0.4) is 0 Å². The van der Waals surface area contributed by atoms with Crippen molar-refractivity contribution in [2.45, 2.75) is 13.5 Å². The Morgan fingerprint density at radius 2 is 1.88 bits per heavy atom. The molecule has 5 nitrogen and oxygen atoms in total. The van der Waals surface area contributed by atoms with E-state index >= 15 is 0 Å². The molecule has 0 saturated carbocycles. The molecule has 0 aliphatic heterocycles. The van der Waals surface area contributed by atoms with Gasteiger partial charge in [-0.05, 0) is 54.4 Å². The van der Waals surface area contributed by atoms with E-state index in [1.54, 1.807) is 18.3 Å². The topological polar surface area (TPSA) is 59.9 Å². The van der Waals surface area contributed by atoms with E-state index in [-0.39, 0.29) is 12.5 Å². The molecule has 6 heteroatoms. The maximum atomic E-state index is 11.7. The van der Waals surface area contributed by atoms with Crippen LogP contribution < -0.4 is 10.1 Å². The predicted octanol–water partition coefficient (Wildman–Crippen LogP) is 3.41. The fraction of sp³-hybridized carbons (Fsp3) is 0.222. The quantitative estimate of drug-likeness (QED) is 0.588. The third-order valence-corrected chi connectivity index (χ3v) is 3.32. The van der Waals surface area contributed by atoms with E-state index in [1.165, 1.54) is 0 Å². The zero-order chi connectivity index (χ0) is 17.2. The molecule has 0 fully saturated rings. The van der Waals surface area contributed by atoms with Gasteiger partial charge < -0.3 is 14.9 Å². The lowest BCUT2D eigenvalue weighted by Crippen LogP contribution is -2.26. The summed E-state index contributed by atoms with van der Waals surface area (Å²) in [5.74, 6) is 0.561. The molecular formula is C18H19ClN2O3. The highest BCUT2D eigenvalue weighted by molar-refractivity contribution is 6.30. The predicted molar refractivity (Wildman–Crippen MR) is 94.5 cm³/mol. The third kappa shape index (κ3) is 6.30. The number of benzene rings is 2. The molecule has 2 rings (SSSR count). The zero-order valence-corrected chi connectivity index (χ0v) is 14.1. The number of oxime groups is 1. The molecule has 0 radical (unpaired) electrons. The van der Waals surface area contributed by atoms with Crippen LogP contribution in [0.4, 0.5) is 0 Å². The van der Waals surface area contributed by atoms with Crippen LogP contribution in [-0.4, -0.2) is 25.3 Å². The summed E-state index contributed by atoms with van der Waals surface area (Å²) >= 11 is 5.80. The van der Waals surface area contributed by atoms with Crippen LogP contribution in [0, 0.1) is 0 Å². The van der Waals surface area contributed by atoms with E-state index in [0.29, 0.717) is 18.2 Å². The van der Waals surface area contributed by atoms with E-state index in [2.05, 4.69) is 10.5 Å². The Morgan fingerprint density at radius 3 is 2.54 bits per heavy atom. The minimum atomic E-state index is -0.242. The van der Waals surface area contributed by atoms with Crippen LogP contribution in [0.2, 0.25) is 5.02 Å². The molecule has 0 atom stereocenters. The van der Waals surface area contributed by atoms with E-state index < -0.39 is 0 Å². The van der Waals surface area contributed by atoms with Crippen LogP contribution in [0.1, 0.15) is 18.1 Å². The lowest BCUT2D eigenvalue weighted by molar-refractivity contribution is -0.125. The monoisotopic (exact) mass is 346 g/mol. The first kappa shape index (κ1) is 17.8. The second-order valence-corrected chi connectivity index (χ2v) is 5.35. The van der Waals surface area contributed by atoms with E-state index in [4.69, 9.17) is 21.2 Å². The highest BCUT2D eigenvalue weighted by Crippen LogP contribution is 2.11. The van der Waals surface area contributed by atoms with Gasteiger partial charge in [-0.3, -0.25) is 4.79 Å². The molecule has 0 aliphatic rings. The fourth-order valence-electron chi connectivity index (χ4n) is 1.86. The van der Waals surface area contributed by atoms with Gasteiger partial charge in [-0.1, -0.05) is 28.9 Å². The Hall–Kier alpha value is -2.53. The first-order valence-corrected chi connectivity index (χ1v) is 7.94. The van der Waals surface area contributed by atoms with Gasteiger partial charge in [-0.25, -0.2) is 0 Å². The summed E-state index contributed by atoms with van der Waals surface area (Å²) in [7, 11) is 0. The number of carbonyl (C=O) groups is 1. The van der Waals surface area contributed by atoms with Crippen molar-refractivity contribution >= 4 is 23.7 Å². The average molecular weight is 347 g/mol. The van der Waals surface area contributed by atoms with Crippen molar-refractivity contribution in [2.75, 3.05) is 13.2 Å². The van der Waals surface area contributed by atoms with E-state index in [0.717, 1.165) is 16.9 Å². The van der Waals surface area contributed by atoms with Crippen molar-refractivity contribution < 1.29 is 14.4 Å². The molecule has 0 aromatic heterocycles. The van der Waals surface area contributed by atoms with E-state index in [1.807, 2.05) is 43.3 Å². The Morgan fingerprint density at radius 1 is 1.17 bits per heavy atom. The molecule has 2 aromatic rings. The maximum Gasteiger partial charge on any atom is 0.261 e. The Kier molecular flexibility index (Phi) is 7.11. The molecule has 0 heterocycles. The summed E-state index contributed by atoms with van der Waals surface area (Å²) in [6.45, 7) is 2.84. The number of rotatable bonds is 8. The zero-order valence-electron chi connectivity index (χ0n) is 13.4. The van der Waals surface area contributed by atoms with Crippen molar-refractivity contribution in [3.8, 4) is 5.75 Å². The van der Waals surface area contributed by atoms with Crippen LogP contribution in [0.5, 0.6) is 5.75 Å². The summed E-state index contributed by atoms with van der Waals surface area (Å²) < 4.78 is 5.35. The van der Waals surface area contributed by atoms with Crippen LogP contribution in [-0.2, 0) is 16.2 Å².